The quantitative estimate of drug-likeness (QED) is 0.651. The first-order valence-corrected chi connectivity index (χ1v) is 5.60. The fraction of sp³-hybridized carbons (Fsp3) is 0.500. The van der Waals surface area contributed by atoms with Crippen molar-refractivity contribution in [1.82, 2.24) is 10.2 Å². The molecule has 3 heteroatoms. The summed E-state index contributed by atoms with van der Waals surface area (Å²) in [5, 5.41) is 8.42. The summed E-state index contributed by atoms with van der Waals surface area (Å²) in [6, 6.07) is 5.34. The van der Waals surface area contributed by atoms with Gasteiger partial charge in [0, 0.05) is 12.1 Å². The van der Waals surface area contributed by atoms with E-state index in [0.29, 0.717) is 12.1 Å². The number of aryl methyl sites for hydroxylation is 1. The summed E-state index contributed by atoms with van der Waals surface area (Å²) >= 11 is 0. The molecule has 0 aromatic carbocycles. The summed E-state index contributed by atoms with van der Waals surface area (Å²) < 4.78 is 0. The van der Waals surface area contributed by atoms with E-state index in [1.54, 1.807) is 0 Å². The zero-order chi connectivity index (χ0) is 10.3. The van der Waals surface area contributed by atoms with Crippen molar-refractivity contribution < 1.29 is 0 Å². The van der Waals surface area contributed by atoms with Gasteiger partial charge in [-0.05, 0) is 38.3 Å². The number of fused-ring (bicyclic) bond motifs is 2. The lowest BCUT2D eigenvalue weighted by molar-refractivity contribution is 0.635. The fourth-order valence-corrected chi connectivity index (χ4v) is 2.61. The molecule has 1 saturated heterocycles. The molecule has 0 saturated carbocycles. The molecule has 1 aromatic rings. The maximum Gasteiger partial charge on any atom is 0.152 e. The molecular formula is C12H15N3. The van der Waals surface area contributed by atoms with E-state index in [9.17, 15) is 0 Å². The van der Waals surface area contributed by atoms with E-state index in [0.717, 1.165) is 17.9 Å². The topological polar surface area (TPSA) is 29.0 Å². The van der Waals surface area contributed by atoms with Crippen molar-refractivity contribution in [3.63, 3.8) is 0 Å². The number of hydrogen-bond donors (Lipinski definition) is 0. The minimum Gasteiger partial charge on any atom is -0.345 e. The van der Waals surface area contributed by atoms with E-state index in [1.807, 2.05) is 13.0 Å². The summed E-state index contributed by atoms with van der Waals surface area (Å²) in [6.07, 6.45) is 8.32. The van der Waals surface area contributed by atoms with Gasteiger partial charge in [-0.2, -0.15) is 5.10 Å². The average Bonchev–Trinajstić information content (AvgIpc) is 2.51. The summed E-state index contributed by atoms with van der Waals surface area (Å²) in [6.45, 7) is 1.97. The molecule has 0 aliphatic carbocycles. The maximum absolute atomic E-state index is 4.28. The van der Waals surface area contributed by atoms with Gasteiger partial charge in [-0.3, -0.25) is 0 Å². The Labute approximate surface area is 89.8 Å². The highest BCUT2D eigenvalue weighted by atomic mass is 15.3. The fourth-order valence-electron chi connectivity index (χ4n) is 2.61. The Morgan fingerprint density at radius 3 is 2.93 bits per heavy atom. The van der Waals surface area contributed by atoms with Crippen LogP contribution in [0.1, 0.15) is 25.0 Å². The number of nitrogens with zero attached hydrogens (tertiary/aromatic N) is 3. The minimum atomic E-state index is 0.556. The van der Waals surface area contributed by atoms with Crippen molar-refractivity contribution in [3.05, 3.63) is 30.0 Å². The van der Waals surface area contributed by atoms with Gasteiger partial charge in [0.15, 0.2) is 5.82 Å². The molecule has 0 spiro atoms. The van der Waals surface area contributed by atoms with Crippen molar-refractivity contribution in [2.45, 2.75) is 38.3 Å². The van der Waals surface area contributed by atoms with Crippen LogP contribution in [-0.2, 0) is 0 Å². The second-order valence-corrected chi connectivity index (χ2v) is 4.40. The Bertz CT molecular complexity index is 382. The van der Waals surface area contributed by atoms with Crippen LogP contribution in [0.2, 0.25) is 0 Å². The van der Waals surface area contributed by atoms with Crippen molar-refractivity contribution >= 4 is 5.82 Å². The predicted octanol–water partition coefficient (Wildman–Crippen LogP) is 2.08. The summed E-state index contributed by atoms with van der Waals surface area (Å²) in [5.74, 6) is 1.04. The number of rotatable bonds is 1. The molecule has 3 nitrogen and oxygen atoms in total. The molecule has 3 rings (SSSR count). The monoisotopic (exact) mass is 201 g/mol. The van der Waals surface area contributed by atoms with Gasteiger partial charge < -0.3 is 4.90 Å². The lowest BCUT2D eigenvalue weighted by Crippen LogP contribution is -2.37. The standard InChI is InChI=1S/C12H15N3/c1-9-5-8-12(14-13-9)15-10-3-2-4-11(15)7-6-10/h2-3,5,8,10-11H,4,6-7H2,1H3. The van der Waals surface area contributed by atoms with Crippen molar-refractivity contribution in [3.8, 4) is 0 Å². The highest BCUT2D eigenvalue weighted by Crippen LogP contribution is 2.34. The van der Waals surface area contributed by atoms with E-state index in [1.165, 1.54) is 12.8 Å². The Balaban J connectivity index is 1.94. The molecular weight excluding hydrogens is 186 g/mol. The van der Waals surface area contributed by atoms with Gasteiger partial charge in [0.05, 0.1) is 5.69 Å². The molecule has 1 aromatic heterocycles. The van der Waals surface area contributed by atoms with E-state index >= 15 is 0 Å². The van der Waals surface area contributed by atoms with Crippen molar-refractivity contribution in [2.75, 3.05) is 4.90 Å². The zero-order valence-corrected chi connectivity index (χ0v) is 8.93. The van der Waals surface area contributed by atoms with Gasteiger partial charge in [-0.15, -0.1) is 5.10 Å². The second-order valence-electron chi connectivity index (χ2n) is 4.40. The third kappa shape index (κ3) is 1.42. The van der Waals surface area contributed by atoms with E-state index in [4.69, 9.17) is 0 Å². The van der Waals surface area contributed by atoms with Crippen LogP contribution in [0, 0.1) is 6.92 Å². The first-order valence-electron chi connectivity index (χ1n) is 5.60. The average molecular weight is 201 g/mol. The Morgan fingerprint density at radius 1 is 1.27 bits per heavy atom. The molecule has 0 radical (unpaired) electrons. The molecule has 2 atom stereocenters. The maximum atomic E-state index is 4.28. The summed E-state index contributed by atoms with van der Waals surface area (Å²) in [5.41, 5.74) is 0.985. The molecule has 15 heavy (non-hydrogen) atoms. The van der Waals surface area contributed by atoms with Gasteiger partial charge in [-0.1, -0.05) is 12.2 Å². The smallest absolute Gasteiger partial charge is 0.152 e. The van der Waals surface area contributed by atoms with Gasteiger partial charge >= 0.3 is 0 Å². The molecule has 3 heterocycles. The van der Waals surface area contributed by atoms with Crippen LogP contribution < -0.4 is 4.90 Å². The number of hydrogen-bond acceptors (Lipinski definition) is 3. The number of anilines is 1. The lowest BCUT2D eigenvalue weighted by Gasteiger charge is -2.32. The molecule has 2 aliphatic rings. The summed E-state index contributed by atoms with van der Waals surface area (Å²) in [7, 11) is 0. The Hall–Kier alpha value is -1.38. The van der Waals surface area contributed by atoms with Gasteiger partial charge in [0.25, 0.3) is 0 Å². The Morgan fingerprint density at radius 2 is 2.20 bits per heavy atom. The van der Waals surface area contributed by atoms with Crippen LogP contribution in [-0.4, -0.2) is 22.3 Å². The summed E-state index contributed by atoms with van der Waals surface area (Å²) in [4.78, 5) is 2.42. The van der Waals surface area contributed by atoms with Gasteiger partial charge in [0.2, 0.25) is 0 Å². The van der Waals surface area contributed by atoms with Crippen molar-refractivity contribution in [2.24, 2.45) is 0 Å². The molecule has 78 valence electrons. The first kappa shape index (κ1) is 8.89. The van der Waals surface area contributed by atoms with E-state index in [-0.39, 0.29) is 0 Å². The highest BCUT2D eigenvalue weighted by Gasteiger charge is 2.34. The zero-order valence-electron chi connectivity index (χ0n) is 8.93. The third-order valence-corrected chi connectivity index (χ3v) is 3.36. The normalized spacial score (nSPS) is 28.5. The molecule has 2 aliphatic heterocycles. The second kappa shape index (κ2) is 3.33. The van der Waals surface area contributed by atoms with Crippen LogP contribution in [0.4, 0.5) is 5.82 Å². The van der Waals surface area contributed by atoms with Crippen molar-refractivity contribution in [1.29, 1.82) is 0 Å². The van der Waals surface area contributed by atoms with Crippen LogP contribution >= 0.6 is 0 Å². The predicted molar refractivity (Wildman–Crippen MR) is 59.8 cm³/mol. The van der Waals surface area contributed by atoms with Gasteiger partial charge in [-0.25, -0.2) is 0 Å². The SMILES string of the molecule is Cc1ccc(N2C3C=CCC2CC3)nn1. The molecule has 0 N–H and O–H groups in total. The molecule has 0 amide bonds. The highest BCUT2D eigenvalue weighted by molar-refractivity contribution is 5.45. The molecule has 2 unspecified atom stereocenters. The van der Waals surface area contributed by atoms with Crippen LogP contribution in [0.25, 0.3) is 0 Å². The van der Waals surface area contributed by atoms with E-state index < -0.39 is 0 Å². The Kier molecular flexibility index (Phi) is 1.97. The molecule has 2 bridgehead atoms. The van der Waals surface area contributed by atoms with Gasteiger partial charge in [0.1, 0.15) is 0 Å². The first-order chi connectivity index (χ1) is 7.34. The third-order valence-electron chi connectivity index (χ3n) is 3.36. The van der Waals surface area contributed by atoms with Crippen LogP contribution in [0.5, 0.6) is 0 Å². The van der Waals surface area contributed by atoms with Crippen LogP contribution in [0.3, 0.4) is 0 Å². The lowest BCUT2D eigenvalue weighted by atomic mass is 10.1. The molecule has 1 fully saturated rings. The van der Waals surface area contributed by atoms with E-state index in [2.05, 4.69) is 33.3 Å². The number of aromatic nitrogens is 2. The minimum absolute atomic E-state index is 0.556. The largest absolute Gasteiger partial charge is 0.345 e. The van der Waals surface area contributed by atoms with Crippen LogP contribution in [0.15, 0.2) is 24.3 Å².